The number of nitrogens with zero attached hydrogens (tertiary/aromatic N) is 1. The number of rotatable bonds is 4. The highest BCUT2D eigenvalue weighted by atomic mass is 79.9. The van der Waals surface area contributed by atoms with Gasteiger partial charge < -0.3 is 10.4 Å². The highest BCUT2D eigenvalue weighted by Gasteiger charge is 2.31. The molecule has 0 unspecified atom stereocenters. The van der Waals surface area contributed by atoms with Crippen LogP contribution in [0.25, 0.3) is 0 Å². The van der Waals surface area contributed by atoms with Gasteiger partial charge in [-0.05, 0) is 61.9 Å². The van der Waals surface area contributed by atoms with Crippen molar-refractivity contribution < 1.29 is 5.11 Å². The SMILES string of the molecule is Oc1c(Br)cc([C@H](CC2CC2)N2CCNCC2)cc1Br. The van der Waals surface area contributed by atoms with Gasteiger partial charge in [-0.25, -0.2) is 0 Å². The Balaban J connectivity index is 1.87. The Kier molecular flexibility index (Phi) is 4.70. The molecular formula is C15H20Br2N2O. The molecular weight excluding hydrogens is 384 g/mol. The smallest absolute Gasteiger partial charge is 0.143 e. The lowest BCUT2D eigenvalue weighted by Gasteiger charge is -2.35. The van der Waals surface area contributed by atoms with E-state index in [1.54, 1.807) is 0 Å². The molecule has 3 rings (SSSR count). The molecule has 20 heavy (non-hydrogen) atoms. The number of aromatic hydroxyl groups is 1. The van der Waals surface area contributed by atoms with Crippen molar-refractivity contribution in [2.24, 2.45) is 5.92 Å². The minimum absolute atomic E-state index is 0.291. The van der Waals surface area contributed by atoms with Crippen LogP contribution in [0.1, 0.15) is 30.9 Å². The van der Waals surface area contributed by atoms with Crippen LogP contribution in [0.3, 0.4) is 0 Å². The Morgan fingerprint density at radius 2 is 1.80 bits per heavy atom. The van der Waals surface area contributed by atoms with Gasteiger partial charge in [0.1, 0.15) is 5.75 Å². The molecule has 0 bridgehead atoms. The number of phenolic OH excluding ortho intramolecular Hbond substituents is 1. The van der Waals surface area contributed by atoms with E-state index in [1.807, 2.05) is 0 Å². The summed E-state index contributed by atoms with van der Waals surface area (Å²) >= 11 is 6.92. The summed E-state index contributed by atoms with van der Waals surface area (Å²) in [5.74, 6) is 1.18. The van der Waals surface area contributed by atoms with Crippen LogP contribution in [0.2, 0.25) is 0 Å². The van der Waals surface area contributed by atoms with Crippen LogP contribution in [0, 0.1) is 5.92 Å². The fraction of sp³-hybridized carbons (Fsp3) is 0.600. The van der Waals surface area contributed by atoms with Crippen LogP contribution in [0.15, 0.2) is 21.1 Å². The lowest BCUT2D eigenvalue weighted by atomic mass is 9.98. The van der Waals surface area contributed by atoms with Gasteiger partial charge in [0, 0.05) is 32.2 Å². The molecule has 1 aromatic carbocycles. The molecule has 1 saturated carbocycles. The van der Waals surface area contributed by atoms with Gasteiger partial charge >= 0.3 is 0 Å². The molecule has 1 aromatic rings. The van der Waals surface area contributed by atoms with Gasteiger partial charge in [-0.1, -0.05) is 12.8 Å². The highest BCUT2D eigenvalue weighted by Crippen LogP contribution is 2.43. The summed E-state index contributed by atoms with van der Waals surface area (Å²) in [5.41, 5.74) is 1.30. The van der Waals surface area contributed by atoms with Crippen LogP contribution >= 0.6 is 31.9 Å². The zero-order valence-electron chi connectivity index (χ0n) is 11.4. The number of phenols is 1. The molecule has 1 aliphatic heterocycles. The van der Waals surface area contributed by atoms with Crippen LogP contribution < -0.4 is 5.32 Å². The van der Waals surface area contributed by atoms with Crippen molar-refractivity contribution in [3.8, 4) is 5.75 Å². The third kappa shape index (κ3) is 3.38. The molecule has 2 N–H and O–H groups in total. The summed E-state index contributed by atoms with van der Waals surface area (Å²) in [5, 5.41) is 13.3. The summed E-state index contributed by atoms with van der Waals surface area (Å²) in [7, 11) is 0. The monoisotopic (exact) mass is 402 g/mol. The van der Waals surface area contributed by atoms with E-state index in [9.17, 15) is 5.11 Å². The molecule has 1 saturated heterocycles. The number of hydrogen-bond acceptors (Lipinski definition) is 3. The van der Waals surface area contributed by atoms with Crippen LogP contribution in [0.4, 0.5) is 0 Å². The summed E-state index contributed by atoms with van der Waals surface area (Å²) in [4.78, 5) is 2.58. The van der Waals surface area contributed by atoms with Crippen LogP contribution in [0.5, 0.6) is 5.75 Å². The fourth-order valence-corrected chi connectivity index (χ4v) is 4.16. The van der Waals surface area contributed by atoms with Crippen molar-refractivity contribution in [2.45, 2.75) is 25.3 Å². The van der Waals surface area contributed by atoms with Crippen molar-refractivity contribution in [1.29, 1.82) is 0 Å². The second-order valence-electron chi connectivity index (χ2n) is 5.81. The van der Waals surface area contributed by atoms with Gasteiger partial charge in [-0.2, -0.15) is 0 Å². The first-order chi connectivity index (χ1) is 9.65. The topological polar surface area (TPSA) is 35.5 Å². The minimum atomic E-state index is 0.291. The Morgan fingerprint density at radius 1 is 1.20 bits per heavy atom. The van der Waals surface area contributed by atoms with Gasteiger partial charge in [0.2, 0.25) is 0 Å². The maximum Gasteiger partial charge on any atom is 0.143 e. The predicted molar refractivity (Wildman–Crippen MR) is 88.0 cm³/mol. The maximum absolute atomic E-state index is 9.90. The summed E-state index contributed by atoms with van der Waals surface area (Å²) in [6, 6.07) is 4.63. The first kappa shape index (κ1) is 14.8. The molecule has 110 valence electrons. The van der Waals surface area contributed by atoms with E-state index in [0.29, 0.717) is 11.8 Å². The maximum atomic E-state index is 9.90. The van der Waals surface area contributed by atoms with E-state index in [0.717, 1.165) is 41.0 Å². The van der Waals surface area contributed by atoms with Gasteiger partial charge in [0.25, 0.3) is 0 Å². The van der Waals surface area contributed by atoms with Crippen molar-refractivity contribution in [3.05, 3.63) is 26.6 Å². The fourth-order valence-electron chi connectivity index (χ4n) is 2.94. The van der Waals surface area contributed by atoms with Crippen molar-refractivity contribution in [3.63, 3.8) is 0 Å². The largest absolute Gasteiger partial charge is 0.506 e. The van der Waals surface area contributed by atoms with E-state index in [4.69, 9.17) is 0 Å². The van der Waals surface area contributed by atoms with Crippen LogP contribution in [-0.2, 0) is 0 Å². The van der Waals surface area contributed by atoms with E-state index < -0.39 is 0 Å². The Morgan fingerprint density at radius 3 is 2.35 bits per heavy atom. The van der Waals surface area contributed by atoms with E-state index in [1.165, 1.54) is 24.8 Å². The normalized spacial score (nSPS) is 21.9. The first-order valence-electron chi connectivity index (χ1n) is 7.28. The zero-order chi connectivity index (χ0) is 14.1. The molecule has 2 fully saturated rings. The van der Waals surface area contributed by atoms with Gasteiger partial charge in [-0.3, -0.25) is 4.90 Å². The summed E-state index contributed by atoms with van der Waals surface area (Å²) in [6.45, 7) is 4.35. The van der Waals surface area contributed by atoms with Gasteiger partial charge in [0.15, 0.2) is 0 Å². The van der Waals surface area contributed by atoms with Gasteiger partial charge in [-0.15, -0.1) is 0 Å². The molecule has 1 aliphatic carbocycles. The van der Waals surface area contributed by atoms with Crippen LogP contribution in [-0.4, -0.2) is 36.2 Å². The number of hydrogen-bond donors (Lipinski definition) is 2. The molecule has 2 aliphatic rings. The third-order valence-electron chi connectivity index (χ3n) is 4.27. The van der Waals surface area contributed by atoms with Crippen molar-refractivity contribution >= 4 is 31.9 Å². The first-order valence-corrected chi connectivity index (χ1v) is 8.86. The zero-order valence-corrected chi connectivity index (χ0v) is 14.6. The number of piperazine rings is 1. The van der Waals surface area contributed by atoms with E-state index in [-0.39, 0.29) is 0 Å². The Bertz CT molecular complexity index is 462. The average Bonchev–Trinajstić information content (AvgIpc) is 3.27. The second kappa shape index (κ2) is 6.34. The van der Waals surface area contributed by atoms with Crippen molar-refractivity contribution in [1.82, 2.24) is 10.2 Å². The van der Waals surface area contributed by atoms with Crippen molar-refractivity contribution in [2.75, 3.05) is 26.2 Å². The molecule has 0 aromatic heterocycles. The molecule has 0 radical (unpaired) electrons. The standard InChI is InChI=1S/C15H20Br2N2O/c16-12-8-11(9-13(17)15(12)20)14(7-10-1-2-10)19-5-3-18-4-6-19/h8-10,14,18,20H,1-7H2/t14-/m0/s1. The molecule has 3 nitrogen and oxygen atoms in total. The lowest BCUT2D eigenvalue weighted by Crippen LogP contribution is -2.45. The Labute approximate surface area is 137 Å². The van der Waals surface area contributed by atoms with Gasteiger partial charge in [0.05, 0.1) is 8.95 Å². The molecule has 0 spiro atoms. The molecule has 0 amide bonds. The second-order valence-corrected chi connectivity index (χ2v) is 7.52. The minimum Gasteiger partial charge on any atom is -0.506 e. The number of benzene rings is 1. The number of halogens is 2. The third-order valence-corrected chi connectivity index (χ3v) is 5.48. The quantitative estimate of drug-likeness (QED) is 0.805. The summed E-state index contributed by atoms with van der Waals surface area (Å²) < 4.78 is 1.55. The van der Waals surface area contributed by atoms with E-state index >= 15 is 0 Å². The highest BCUT2D eigenvalue weighted by molar-refractivity contribution is 9.11. The molecule has 1 heterocycles. The Hall–Kier alpha value is -0.100. The predicted octanol–water partition coefficient (Wildman–Crippen LogP) is 3.66. The molecule has 5 heteroatoms. The summed E-state index contributed by atoms with van der Waals surface area (Å²) in [6.07, 6.45) is 4.00. The molecule has 1 atom stereocenters. The lowest BCUT2D eigenvalue weighted by molar-refractivity contribution is 0.160. The van der Waals surface area contributed by atoms with E-state index in [2.05, 4.69) is 54.2 Å². The average molecular weight is 404 g/mol. The number of nitrogens with one attached hydrogen (secondary N) is 1.